The molecule has 2 amide bonds. The number of carbonyl (C=O) groups is 2. The van der Waals surface area contributed by atoms with Gasteiger partial charge in [0.25, 0.3) is 0 Å². The molecule has 3 heterocycles. The fourth-order valence-corrected chi connectivity index (χ4v) is 3.90. The minimum atomic E-state index is -0.0557. The van der Waals surface area contributed by atoms with Crippen molar-refractivity contribution in [3.05, 3.63) is 23.8 Å². The molecule has 0 spiro atoms. The van der Waals surface area contributed by atoms with Gasteiger partial charge in [0, 0.05) is 39.2 Å². The molecular weight excluding hydrogens is 318 g/mol. The molecule has 1 aromatic heterocycles. The molecule has 1 atom stereocenters. The molecule has 3 rings (SSSR count). The van der Waals surface area contributed by atoms with Gasteiger partial charge in [-0.15, -0.1) is 0 Å². The molecule has 0 aromatic carbocycles. The lowest BCUT2D eigenvalue weighted by molar-refractivity contribution is -0.130. The number of hydrogen-bond acceptors (Lipinski definition) is 5. The summed E-state index contributed by atoms with van der Waals surface area (Å²) in [6.07, 6.45) is 6.03. The van der Waals surface area contributed by atoms with Gasteiger partial charge in [-0.3, -0.25) is 14.5 Å². The Morgan fingerprint density at radius 1 is 1.20 bits per heavy atom. The third kappa shape index (κ3) is 4.34. The normalized spacial score (nSPS) is 22.2. The number of nitrogens with zero attached hydrogens (tertiary/aromatic N) is 4. The van der Waals surface area contributed by atoms with Gasteiger partial charge in [0.2, 0.25) is 11.8 Å². The number of piperidine rings is 1. The van der Waals surface area contributed by atoms with Gasteiger partial charge in [0.1, 0.15) is 5.82 Å². The van der Waals surface area contributed by atoms with E-state index >= 15 is 0 Å². The lowest BCUT2D eigenvalue weighted by Gasteiger charge is -2.38. The van der Waals surface area contributed by atoms with Crippen LogP contribution in [-0.2, 0) is 16.1 Å². The fourth-order valence-electron chi connectivity index (χ4n) is 3.90. The third-order valence-electron chi connectivity index (χ3n) is 5.22. The number of carbonyl (C=O) groups excluding carboxylic acids is 2. The molecule has 7 heteroatoms. The molecule has 0 aliphatic carbocycles. The number of amides is 2. The maximum absolute atomic E-state index is 11.5. The van der Waals surface area contributed by atoms with E-state index in [4.69, 9.17) is 0 Å². The molecule has 0 bridgehead atoms. The first-order chi connectivity index (χ1) is 12.0. The van der Waals surface area contributed by atoms with E-state index in [2.05, 4.69) is 20.2 Å². The van der Waals surface area contributed by atoms with Crippen molar-refractivity contribution >= 4 is 11.8 Å². The molecule has 2 fully saturated rings. The van der Waals surface area contributed by atoms with Gasteiger partial charge in [-0.25, -0.2) is 9.97 Å². The smallest absolute Gasteiger partial charge is 0.219 e. The summed E-state index contributed by atoms with van der Waals surface area (Å²) in [5.74, 6) is 0.972. The molecule has 2 saturated heterocycles. The SMILES string of the molecule is CC(=O)NCc1ccnc([C@H]2CCCN2C2CCN(C(C)=O)CC2)n1. The molecule has 1 aromatic rings. The van der Waals surface area contributed by atoms with Crippen molar-refractivity contribution in [3.8, 4) is 0 Å². The Labute approximate surface area is 148 Å². The number of aromatic nitrogens is 2. The highest BCUT2D eigenvalue weighted by Gasteiger charge is 2.35. The monoisotopic (exact) mass is 345 g/mol. The van der Waals surface area contributed by atoms with Crippen LogP contribution in [-0.4, -0.2) is 57.3 Å². The molecule has 7 nitrogen and oxygen atoms in total. The summed E-state index contributed by atoms with van der Waals surface area (Å²) in [6.45, 7) is 6.34. The van der Waals surface area contributed by atoms with Crippen LogP contribution >= 0.6 is 0 Å². The highest BCUT2D eigenvalue weighted by atomic mass is 16.2. The van der Waals surface area contributed by atoms with E-state index < -0.39 is 0 Å². The van der Waals surface area contributed by atoms with Crippen molar-refractivity contribution in [2.45, 2.75) is 58.2 Å². The Hall–Kier alpha value is -2.02. The maximum Gasteiger partial charge on any atom is 0.219 e. The van der Waals surface area contributed by atoms with E-state index in [1.165, 1.54) is 6.92 Å². The third-order valence-corrected chi connectivity index (χ3v) is 5.22. The second-order valence-electron chi connectivity index (χ2n) is 6.95. The highest BCUT2D eigenvalue weighted by molar-refractivity contribution is 5.73. The predicted molar refractivity (Wildman–Crippen MR) is 93.5 cm³/mol. The van der Waals surface area contributed by atoms with E-state index in [1.54, 1.807) is 13.1 Å². The standard InChI is InChI=1S/C18H27N5O2/c1-13(24)20-12-15-5-8-19-18(21-15)17-4-3-9-23(17)16-6-10-22(11-7-16)14(2)25/h5,8,16-17H,3-4,6-7,9-12H2,1-2H3,(H,20,24)/t17-/m1/s1. The Morgan fingerprint density at radius 3 is 2.64 bits per heavy atom. The zero-order valence-corrected chi connectivity index (χ0v) is 15.1. The minimum Gasteiger partial charge on any atom is -0.351 e. The second-order valence-corrected chi connectivity index (χ2v) is 6.95. The van der Waals surface area contributed by atoms with Crippen LogP contribution in [0.4, 0.5) is 0 Å². The molecule has 25 heavy (non-hydrogen) atoms. The first-order valence-electron chi connectivity index (χ1n) is 9.12. The summed E-state index contributed by atoms with van der Waals surface area (Å²) in [5.41, 5.74) is 0.846. The Bertz CT molecular complexity index is 628. The highest BCUT2D eigenvalue weighted by Crippen LogP contribution is 2.34. The summed E-state index contributed by atoms with van der Waals surface area (Å²) in [7, 11) is 0. The number of nitrogens with one attached hydrogen (secondary N) is 1. The van der Waals surface area contributed by atoms with Crippen LogP contribution in [0.2, 0.25) is 0 Å². The predicted octanol–water partition coefficient (Wildman–Crippen LogP) is 1.26. The molecule has 0 radical (unpaired) electrons. The first kappa shape index (κ1) is 17.8. The minimum absolute atomic E-state index is 0.0557. The Morgan fingerprint density at radius 2 is 1.96 bits per heavy atom. The number of likely N-dealkylation sites (tertiary alicyclic amines) is 2. The average molecular weight is 345 g/mol. The van der Waals surface area contributed by atoms with Crippen molar-refractivity contribution in [3.63, 3.8) is 0 Å². The number of hydrogen-bond donors (Lipinski definition) is 1. The van der Waals surface area contributed by atoms with E-state index in [-0.39, 0.29) is 17.9 Å². The molecule has 2 aliphatic heterocycles. The summed E-state index contributed by atoms with van der Waals surface area (Å²) in [6, 6.07) is 2.58. The van der Waals surface area contributed by atoms with Crippen LogP contribution in [0, 0.1) is 0 Å². The Balaban J connectivity index is 1.66. The first-order valence-corrected chi connectivity index (χ1v) is 9.12. The topological polar surface area (TPSA) is 78.4 Å². The van der Waals surface area contributed by atoms with Gasteiger partial charge < -0.3 is 10.2 Å². The zero-order valence-electron chi connectivity index (χ0n) is 15.1. The van der Waals surface area contributed by atoms with Crippen molar-refractivity contribution in [1.29, 1.82) is 0 Å². The van der Waals surface area contributed by atoms with Gasteiger partial charge in [-0.2, -0.15) is 0 Å². The van der Waals surface area contributed by atoms with Crippen molar-refractivity contribution in [2.24, 2.45) is 0 Å². The summed E-state index contributed by atoms with van der Waals surface area (Å²) < 4.78 is 0. The fraction of sp³-hybridized carbons (Fsp3) is 0.667. The van der Waals surface area contributed by atoms with Gasteiger partial charge in [-0.05, 0) is 38.3 Å². The quantitative estimate of drug-likeness (QED) is 0.889. The van der Waals surface area contributed by atoms with E-state index in [0.29, 0.717) is 12.6 Å². The van der Waals surface area contributed by atoms with Crippen LogP contribution in [0.1, 0.15) is 57.1 Å². The zero-order chi connectivity index (χ0) is 17.8. The van der Waals surface area contributed by atoms with Gasteiger partial charge in [-0.1, -0.05) is 0 Å². The van der Waals surface area contributed by atoms with Crippen molar-refractivity contribution < 1.29 is 9.59 Å². The van der Waals surface area contributed by atoms with Crippen LogP contribution in [0.3, 0.4) is 0 Å². The van der Waals surface area contributed by atoms with Gasteiger partial charge in [0.05, 0.1) is 18.3 Å². The summed E-state index contributed by atoms with van der Waals surface area (Å²) in [5, 5.41) is 2.79. The average Bonchev–Trinajstić information content (AvgIpc) is 3.10. The number of rotatable bonds is 4. The van der Waals surface area contributed by atoms with Crippen molar-refractivity contribution in [1.82, 2.24) is 25.1 Å². The van der Waals surface area contributed by atoms with E-state index in [9.17, 15) is 9.59 Å². The molecule has 0 unspecified atom stereocenters. The van der Waals surface area contributed by atoms with Crippen LogP contribution in [0.15, 0.2) is 12.3 Å². The lowest BCUT2D eigenvalue weighted by atomic mass is 10.0. The molecule has 2 aliphatic rings. The van der Waals surface area contributed by atoms with Crippen molar-refractivity contribution in [2.75, 3.05) is 19.6 Å². The summed E-state index contributed by atoms with van der Waals surface area (Å²) in [4.78, 5) is 36.3. The Kier molecular flexibility index (Phi) is 5.63. The van der Waals surface area contributed by atoms with Crippen LogP contribution in [0.5, 0.6) is 0 Å². The largest absolute Gasteiger partial charge is 0.351 e. The van der Waals surface area contributed by atoms with Crippen LogP contribution in [0.25, 0.3) is 0 Å². The summed E-state index contributed by atoms with van der Waals surface area (Å²) >= 11 is 0. The molecule has 1 N–H and O–H groups in total. The molecule has 0 saturated carbocycles. The molecule has 136 valence electrons. The van der Waals surface area contributed by atoms with Crippen LogP contribution < -0.4 is 5.32 Å². The second kappa shape index (κ2) is 7.91. The molecular formula is C18H27N5O2. The van der Waals surface area contributed by atoms with E-state index in [1.807, 2.05) is 11.0 Å². The lowest BCUT2D eigenvalue weighted by Crippen LogP contribution is -2.46. The van der Waals surface area contributed by atoms with Gasteiger partial charge in [0.15, 0.2) is 0 Å². The maximum atomic E-state index is 11.5. The van der Waals surface area contributed by atoms with Gasteiger partial charge >= 0.3 is 0 Å². The van der Waals surface area contributed by atoms with E-state index in [0.717, 1.165) is 56.8 Å².